The highest BCUT2D eigenvalue weighted by Gasteiger charge is 2.20. The first-order valence-electron chi connectivity index (χ1n) is 12.0. The van der Waals surface area contributed by atoms with Gasteiger partial charge in [0.05, 0.1) is 6.54 Å². The molecule has 0 bridgehead atoms. The van der Waals surface area contributed by atoms with Crippen LogP contribution in [0, 0.1) is 0 Å². The largest absolute Gasteiger partial charge is 0.348 e. The van der Waals surface area contributed by atoms with Gasteiger partial charge in [0.2, 0.25) is 5.91 Å². The van der Waals surface area contributed by atoms with Gasteiger partial charge in [-0.2, -0.15) is 0 Å². The summed E-state index contributed by atoms with van der Waals surface area (Å²) in [4.78, 5) is 17.7. The molecule has 2 aliphatic rings. The topological polar surface area (TPSA) is 50.9 Å². The second-order valence-corrected chi connectivity index (χ2v) is 6.93. The fourth-order valence-corrected chi connectivity index (χ4v) is 3.09. The molecule has 178 valence electrons. The Morgan fingerprint density at radius 3 is 1.72 bits per heavy atom. The maximum absolute atomic E-state index is 11.5. The molecule has 0 aromatic carbocycles. The number of nitrogens with one attached hydrogen (secondary N) is 2. The van der Waals surface area contributed by atoms with Crippen LogP contribution in [0.3, 0.4) is 0 Å². The first-order valence-corrected chi connectivity index (χ1v) is 12.0. The van der Waals surface area contributed by atoms with E-state index in [4.69, 9.17) is 0 Å². The molecule has 6 heteroatoms. The van der Waals surface area contributed by atoms with Crippen LogP contribution < -0.4 is 10.6 Å². The predicted molar refractivity (Wildman–Crippen MR) is 131 cm³/mol. The van der Waals surface area contributed by atoms with Gasteiger partial charge in [-0.05, 0) is 46.4 Å². The number of rotatable bonds is 5. The summed E-state index contributed by atoms with van der Waals surface area (Å²) in [6, 6.07) is 1.40. The number of nitrogens with zero attached hydrogens (tertiary/aromatic N) is 3. The van der Waals surface area contributed by atoms with Crippen molar-refractivity contribution in [1.29, 1.82) is 0 Å². The van der Waals surface area contributed by atoms with Crippen LogP contribution in [-0.2, 0) is 4.79 Å². The molecule has 2 saturated heterocycles. The summed E-state index contributed by atoms with van der Waals surface area (Å²) in [7, 11) is 7.82. The van der Waals surface area contributed by atoms with Crippen LogP contribution in [0.5, 0.6) is 0 Å². The summed E-state index contributed by atoms with van der Waals surface area (Å²) in [6.07, 6.45) is 3.64. The highest BCUT2D eigenvalue weighted by Crippen LogP contribution is 2.09. The van der Waals surface area contributed by atoms with Gasteiger partial charge in [0, 0.05) is 45.8 Å². The molecule has 0 aromatic heterocycles. The monoisotopic (exact) mass is 417 g/mol. The summed E-state index contributed by atoms with van der Waals surface area (Å²) in [5, 5.41) is 6.71. The van der Waals surface area contributed by atoms with Crippen LogP contribution in [0.4, 0.5) is 0 Å². The molecule has 0 aliphatic carbocycles. The third-order valence-electron chi connectivity index (χ3n) is 4.74. The number of likely N-dealkylation sites (tertiary alicyclic amines) is 2. The van der Waals surface area contributed by atoms with Crippen molar-refractivity contribution in [2.24, 2.45) is 0 Å². The third kappa shape index (κ3) is 17.8. The van der Waals surface area contributed by atoms with Gasteiger partial charge < -0.3 is 20.4 Å². The van der Waals surface area contributed by atoms with Crippen LogP contribution in [0.2, 0.25) is 0 Å². The van der Waals surface area contributed by atoms with Crippen molar-refractivity contribution in [3.05, 3.63) is 0 Å². The van der Waals surface area contributed by atoms with E-state index in [2.05, 4.69) is 34.4 Å². The lowest BCUT2D eigenvalue weighted by Gasteiger charge is -2.32. The first-order chi connectivity index (χ1) is 14.0. The van der Waals surface area contributed by atoms with E-state index in [0.29, 0.717) is 12.6 Å². The van der Waals surface area contributed by atoms with E-state index in [-0.39, 0.29) is 5.91 Å². The average molecular weight is 418 g/mol. The van der Waals surface area contributed by atoms with Crippen molar-refractivity contribution in [3.63, 3.8) is 0 Å². The zero-order valence-electron chi connectivity index (χ0n) is 21.8. The normalized spacial score (nSPS) is 19.2. The highest BCUT2D eigenvalue weighted by molar-refractivity contribution is 5.77. The number of piperidine rings is 1. The molecule has 1 atom stereocenters. The molecular weight excluding hydrogens is 362 g/mol. The molecule has 2 N–H and O–H groups in total. The smallest absolute Gasteiger partial charge is 0.236 e. The van der Waals surface area contributed by atoms with Crippen LogP contribution in [-0.4, -0.2) is 100 Å². The molecule has 2 fully saturated rings. The summed E-state index contributed by atoms with van der Waals surface area (Å²) >= 11 is 0. The Kier molecular flexibility index (Phi) is 26.8. The number of amides is 1. The molecule has 2 heterocycles. The second kappa shape index (κ2) is 23.6. The Hall–Kier alpha value is -0.690. The van der Waals surface area contributed by atoms with Gasteiger partial charge in [0.25, 0.3) is 0 Å². The van der Waals surface area contributed by atoms with Gasteiger partial charge in [0.1, 0.15) is 0 Å². The average Bonchev–Trinajstić information content (AvgIpc) is 3.20. The molecule has 2 aliphatic heterocycles. The van der Waals surface area contributed by atoms with Gasteiger partial charge in [0.15, 0.2) is 0 Å². The first kappa shape index (κ1) is 33.0. The maximum atomic E-state index is 11.5. The summed E-state index contributed by atoms with van der Waals surface area (Å²) in [5.41, 5.74) is 0. The van der Waals surface area contributed by atoms with Crippen LogP contribution in [0.1, 0.15) is 67.7 Å². The van der Waals surface area contributed by atoms with E-state index in [1.165, 1.54) is 19.5 Å². The van der Waals surface area contributed by atoms with Crippen molar-refractivity contribution in [2.45, 2.75) is 79.8 Å². The molecule has 0 saturated carbocycles. The molecule has 29 heavy (non-hydrogen) atoms. The van der Waals surface area contributed by atoms with Crippen LogP contribution in [0.25, 0.3) is 0 Å². The van der Waals surface area contributed by atoms with E-state index >= 15 is 0 Å². The van der Waals surface area contributed by atoms with Gasteiger partial charge in [-0.3, -0.25) is 9.69 Å². The number of likely N-dealkylation sites (N-methyl/N-ethyl adjacent to an activating group) is 3. The number of carbonyl (C=O) groups excluding carboxylic acids is 1. The summed E-state index contributed by atoms with van der Waals surface area (Å²) < 4.78 is 0. The fourth-order valence-electron chi connectivity index (χ4n) is 3.09. The minimum Gasteiger partial charge on any atom is -0.348 e. The third-order valence-corrected chi connectivity index (χ3v) is 4.74. The lowest BCUT2D eigenvalue weighted by atomic mass is 10.1. The molecule has 2 rings (SSSR count). The number of hydrogen-bond donors (Lipinski definition) is 2. The summed E-state index contributed by atoms with van der Waals surface area (Å²) in [5.74, 6) is 0.205. The van der Waals surface area contributed by atoms with E-state index in [9.17, 15) is 4.79 Å². The number of carbonyl (C=O) groups is 1. The molecule has 0 spiro atoms. The molecule has 0 aromatic rings. The van der Waals surface area contributed by atoms with Crippen molar-refractivity contribution < 1.29 is 4.79 Å². The summed E-state index contributed by atoms with van der Waals surface area (Å²) in [6.45, 7) is 20.3. The Labute approximate surface area is 183 Å². The van der Waals surface area contributed by atoms with Gasteiger partial charge in [-0.1, -0.05) is 48.5 Å². The van der Waals surface area contributed by atoms with Crippen molar-refractivity contribution in [2.75, 3.05) is 67.5 Å². The molecule has 1 amide bonds. The van der Waals surface area contributed by atoms with E-state index in [1.54, 1.807) is 4.90 Å². The van der Waals surface area contributed by atoms with Crippen LogP contribution in [0.15, 0.2) is 0 Å². The van der Waals surface area contributed by atoms with Gasteiger partial charge >= 0.3 is 0 Å². The van der Waals surface area contributed by atoms with E-state index < -0.39 is 0 Å². The van der Waals surface area contributed by atoms with Gasteiger partial charge in [-0.25, -0.2) is 0 Å². The fraction of sp³-hybridized carbons (Fsp3) is 0.957. The zero-order chi connectivity index (χ0) is 23.2. The SMILES string of the molecule is CC.CC.CC.CCNC1CCN(CC(=O)N(C)C)CC1.CNC1CCN(C)C1. The lowest BCUT2D eigenvalue weighted by molar-refractivity contribution is -0.130. The van der Waals surface area contributed by atoms with Crippen molar-refractivity contribution in [1.82, 2.24) is 25.3 Å². The highest BCUT2D eigenvalue weighted by atomic mass is 16.2. The minimum atomic E-state index is 0.205. The Morgan fingerprint density at radius 1 is 0.931 bits per heavy atom. The Bertz CT molecular complexity index is 331. The quantitative estimate of drug-likeness (QED) is 0.720. The van der Waals surface area contributed by atoms with Crippen molar-refractivity contribution >= 4 is 5.91 Å². The van der Waals surface area contributed by atoms with E-state index in [1.807, 2.05) is 62.7 Å². The van der Waals surface area contributed by atoms with Gasteiger partial charge in [-0.15, -0.1) is 0 Å². The standard InChI is InChI=1S/C11H23N3O.C6H14N2.3C2H6/c1-4-12-10-5-7-14(8-6-10)9-11(15)13(2)3;1-7-6-3-4-8(2)5-6;3*1-2/h10,12H,4-9H2,1-3H3;6-7H,3-5H2,1-2H3;3*1-2H3. The number of hydrogen-bond acceptors (Lipinski definition) is 5. The molecule has 0 radical (unpaired) electrons. The molecule has 6 nitrogen and oxygen atoms in total. The van der Waals surface area contributed by atoms with E-state index in [0.717, 1.165) is 38.5 Å². The molecular formula is C23H55N5O. The zero-order valence-corrected chi connectivity index (χ0v) is 21.8. The maximum Gasteiger partial charge on any atom is 0.236 e. The van der Waals surface area contributed by atoms with Crippen molar-refractivity contribution in [3.8, 4) is 0 Å². The molecule has 1 unspecified atom stereocenters. The minimum absolute atomic E-state index is 0.205. The predicted octanol–water partition coefficient (Wildman–Crippen LogP) is 3.14. The lowest BCUT2D eigenvalue weighted by Crippen LogP contribution is -2.45. The van der Waals surface area contributed by atoms with Crippen LogP contribution >= 0.6 is 0 Å². The Balaban J connectivity index is -0.000000407. The Morgan fingerprint density at radius 2 is 1.41 bits per heavy atom. The second-order valence-electron chi connectivity index (χ2n) is 6.93.